The Morgan fingerprint density at radius 3 is 2.58 bits per heavy atom. The second-order valence-corrected chi connectivity index (χ2v) is 3.48. The first-order valence-electron chi connectivity index (χ1n) is 5.08. The third-order valence-corrected chi connectivity index (χ3v) is 2.21. The molecule has 0 aliphatic heterocycles. The summed E-state index contributed by atoms with van der Waals surface area (Å²) in [5.41, 5.74) is 3.13. The molecule has 1 radical (unpaired) electrons. The van der Waals surface area contributed by atoms with Gasteiger partial charge in [-0.15, -0.1) is 0 Å². The summed E-state index contributed by atoms with van der Waals surface area (Å²) < 4.78 is 0. The minimum Gasteiger partial charge on any atom is -0.0773 e. The first-order chi connectivity index (χ1) is 5.86. The average Bonchev–Trinajstić information content (AvgIpc) is 2.06. The van der Waals surface area contributed by atoms with E-state index in [0.29, 0.717) is 0 Å². The molecule has 0 aromatic heterocycles. The molecule has 0 fully saturated rings. The van der Waals surface area contributed by atoms with E-state index in [9.17, 15) is 0 Å². The average molecular weight is 163 g/mol. The van der Waals surface area contributed by atoms with Crippen LogP contribution in [-0.4, -0.2) is 0 Å². The van der Waals surface area contributed by atoms with Crippen LogP contribution in [0, 0.1) is 6.42 Å². The van der Waals surface area contributed by atoms with Gasteiger partial charge in [0.15, 0.2) is 0 Å². The first kappa shape index (κ1) is 9.57. The van der Waals surface area contributed by atoms with Crippen LogP contribution in [0.5, 0.6) is 0 Å². The van der Waals surface area contributed by atoms with Crippen LogP contribution in [0.15, 0.2) is 23.3 Å². The van der Waals surface area contributed by atoms with Crippen LogP contribution in [0.2, 0.25) is 0 Å². The van der Waals surface area contributed by atoms with Gasteiger partial charge in [-0.05, 0) is 25.7 Å². The van der Waals surface area contributed by atoms with Crippen LogP contribution in [0.1, 0.15) is 46.0 Å². The molecule has 0 atom stereocenters. The maximum atomic E-state index is 2.40. The third kappa shape index (κ3) is 2.84. The van der Waals surface area contributed by atoms with Crippen molar-refractivity contribution >= 4 is 0 Å². The second-order valence-electron chi connectivity index (χ2n) is 3.48. The molecule has 1 rings (SSSR count). The van der Waals surface area contributed by atoms with Crippen LogP contribution in [0.3, 0.4) is 0 Å². The van der Waals surface area contributed by atoms with E-state index in [-0.39, 0.29) is 0 Å². The van der Waals surface area contributed by atoms with Gasteiger partial charge in [-0.25, -0.2) is 0 Å². The summed E-state index contributed by atoms with van der Waals surface area (Å²) in [6.45, 7) is 4.49. The van der Waals surface area contributed by atoms with Crippen LogP contribution in [-0.2, 0) is 0 Å². The molecular weight excluding hydrogens is 144 g/mol. The van der Waals surface area contributed by atoms with Crippen molar-refractivity contribution in [3.63, 3.8) is 0 Å². The molecule has 0 saturated carbocycles. The molecule has 0 N–H and O–H groups in total. The zero-order valence-corrected chi connectivity index (χ0v) is 8.27. The normalized spacial score (nSPS) is 17.2. The van der Waals surface area contributed by atoms with Gasteiger partial charge >= 0.3 is 0 Å². The van der Waals surface area contributed by atoms with Crippen molar-refractivity contribution in [3.05, 3.63) is 29.7 Å². The summed E-state index contributed by atoms with van der Waals surface area (Å²) in [6.07, 6.45) is 13.2. The van der Waals surface area contributed by atoms with E-state index in [1.165, 1.54) is 37.7 Å². The minimum absolute atomic E-state index is 1.18. The highest BCUT2D eigenvalue weighted by molar-refractivity contribution is 5.32. The molecule has 1 aliphatic rings. The molecule has 12 heavy (non-hydrogen) atoms. The summed E-state index contributed by atoms with van der Waals surface area (Å²) >= 11 is 0. The summed E-state index contributed by atoms with van der Waals surface area (Å²) in [7, 11) is 0. The minimum atomic E-state index is 1.18. The Labute approximate surface area is 76.4 Å². The summed E-state index contributed by atoms with van der Waals surface area (Å²) in [5, 5.41) is 0. The van der Waals surface area contributed by atoms with Gasteiger partial charge in [-0.2, -0.15) is 0 Å². The van der Waals surface area contributed by atoms with Crippen LogP contribution in [0.25, 0.3) is 0 Å². The standard InChI is InChI=1S/C12H19/c1-3-6-11-8-5-9-12(10-11)7-4-2/h5,8,10H,3-4,6-7,9H2,1-2H3. The lowest BCUT2D eigenvalue weighted by Crippen LogP contribution is -1.93. The van der Waals surface area contributed by atoms with Crippen molar-refractivity contribution in [1.82, 2.24) is 0 Å². The Balaban J connectivity index is 2.48. The van der Waals surface area contributed by atoms with Gasteiger partial charge in [0.1, 0.15) is 0 Å². The predicted molar refractivity (Wildman–Crippen MR) is 54.9 cm³/mol. The molecule has 0 unspecified atom stereocenters. The van der Waals surface area contributed by atoms with E-state index in [4.69, 9.17) is 0 Å². The SMILES string of the molecule is CCCC1=C[CH]CC(CCC)=C1. The van der Waals surface area contributed by atoms with Gasteiger partial charge in [0.25, 0.3) is 0 Å². The van der Waals surface area contributed by atoms with Crippen LogP contribution >= 0.6 is 0 Å². The molecule has 0 bridgehead atoms. The molecule has 67 valence electrons. The van der Waals surface area contributed by atoms with Gasteiger partial charge in [0, 0.05) is 0 Å². The molecule has 0 spiro atoms. The van der Waals surface area contributed by atoms with Crippen molar-refractivity contribution in [2.75, 3.05) is 0 Å². The first-order valence-corrected chi connectivity index (χ1v) is 5.08. The van der Waals surface area contributed by atoms with Crippen molar-refractivity contribution < 1.29 is 0 Å². The van der Waals surface area contributed by atoms with Gasteiger partial charge in [-0.3, -0.25) is 0 Å². The van der Waals surface area contributed by atoms with Gasteiger partial charge in [0.05, 0.1) is 0 Å². The molecule has 1 aliphatic carbocycles. The highest BCUT2D eigenvalue weighted by Gasteiger charge is 2.03. The summed E-state index contributed by atoms with van der Waals surface area (Å²) in [5.74, 6) is 0. The molecule has 0 nitrogen and oxygen atoms in total. The highest BCUT2D eigenvalue weighted by atomic mass is 14.1. The number of hydrogen-bond donors (Lipinski definition) is 0. The van der Waals surface area contributed by atoms with E-state index >= 15 is 0 Å². The molecule has 0 heterocycles. The van der Waals surface area contributed by atoms with Crippen molar-refractivity contribution in [3.8, 4) is 0 Å². The molecule has 0 aromatic rings. The van der Waals surface area contributed by atoms with Crippen LogP contribution in [0.4, 0.5) is 0 Å². The molecule has 0 amide bonds. The molecule has 0 heteroatoms. The number of rotatable bonds is 4. The maximum absolute atomic E-state index is 2.40. The van der Waals surface area contributed by atoms with E-state index in [2.05, 4.69) is 32.4 Å². The lowest BCUT2D eigenvalue weighted by atomic mass is 9.94. The number of hydrogen-bond acceptors (Lipinski definition) is 0. The van der Waals surface area contributed by atoms with Crippen molar-refractivity contribution in [1.29, 1.82) is 0 Å². The van der Waals surface area contributed by atoms with E-state index in [1.54, 1.807) is 5.57 Å². The van der Waals surface area contributed by atoms with E-state index < -0.39 is 0 Å². The Morgan fingerprint density at radius 2 is 1.92 bits per heavy atom. The van der Waals surface area contributed by atoms with E-state index in [0.717, 1.165) is 0 Å². The molecule has 0 aromatic carbocycles. The Hall–Kier alpha value is -0.520. The summed E-state index contributed by atoms with van der Waals surface area (Å²) in [6, 6.07) is 0. The zero-order valence-electron chi connectivity index (χ0n) is 8.27. The fraction of sp³-hybridized carbons (Fsp3) is 0.583. The maximum Gasteiger partial charge on any atom is -0.0124 e. The fourth-order valence-electron chi connectivity index (χ4n) is 1.67. The Morgan fingerprint density at radius 1 is 1.17 bits per heavy atom. The fourth-order valence-corrected chi connectivity index (χ4v) is 1.67. The lowest BCUT2D eigenvalue weighted by Gasteiger charge is -2.12. The van der Waals surface area contributed by atoms with Gasteiger partial charge in [-0.1, -0.05) is 50.0 Å². The summed E-state index contributed by atoms with van der Waals surface area (Å²) in [4.78, 5) is 0. The molecule has 0 saturated heterocycles. The van der Waals surface area contributed by atoms with Gasteiger partial charge in [0.2, 0.25) is 0 Å². The van der Waals surface area contributed by atoms with Crippen molar-refractivity contribution in [2.24, 2.45) is 0 Å². The largest absolute Gasteiger partial charge is 0.0773 e. The Bertz CT molecular complexity index is 184. The van der Waals surface area contributed by atoms with Crippen LogP contribution < -0.4 is 0 Å². The second kappa shape index (κ2) is 5.18. The van der Waals surface area contributed by atoms with Crippen molar-refractivity contribution in [2.45, 2.75) is 46.0 Å². The Kier molecular flexibility index (Phi) is 4.13. The topological polar surface area (TPSA) is 0 Å². The lowest BCUT2D eigenvalue weighted by molar-refractivity contribution is 0.845. The zero-order chi connectivity index (χ0) is 8.81. The van der Waals surface area contributed by atoms with Gasteiger partial charge < -0.3 is 0 Å². The smallest absolute Gasteiger partial charge is 0.0124 e. The quantitative estimate of drug-likeness (QED) is 0.586. The number of allylic oxidation sites excluding steroid dienone is 4. The molecular formula is C12H19. The third-order valence-electron chi connectivity index (χ3n) is 2.21. The van der Waals surface area contributed by atoms with E-state index in [1.807, 2.05) is 0 Å². The predicted octanol–water partition coefficient (Wildman–Crippen LogP) is 4.05. The monoisotopic (exact) mass is 163 g/mol. The highest BCUT2D eigenvalue weighted by Crippen LogP contribution is 2.22.